The van der Waals surface area contributed by atoms with Gasteiger partial charge in [0.15, 0.2) is 0 Å². The summed E-state index contributed by atoms with van der Waals surface area (Å²) < 4.78 is 6.01. The standard InChI is InChI=1S/C28H19NO/c1-2-8-23-19(6-1)7-5-10-24(23)20-12-14-21(15-13-20)29-22-16-17-26-25-9-3-4-11-27(25)30-28(26)18-22/h1-18,29H. The lowest BCUT2D eigenvalue weighted by atomic mass is 9.98. The van der Waals surface area contributed by atoms with Gasteiger partial charge in [0.1, 0.15) is 11.2 Å². The Bertz CT molecular complexity index is 1500. The van der Waals surface area contributed by atoms with Crippen LogP contribution in [-0.4, -0.2) is 0 Å². The van der Waals surface area contributed by atoms with Gasteiger partial charge in [0.25, 0.3) is 0 Å². The Morgan fingerprint density at radius 2 is 1.20 bits per heavy atom. The van der Waals surface area contributed by atoms with Crippen molar-refractivity contribution in [3.8, 4) is 11.1 Å². The van der Waals surface area contributed by atoms with Gasteiger partial charge < -0.3 is 9.73 Å². The minimum absolute atomic E-state index is 0.897. The van der Waals surface area contributed by atoms with E-state index in [1.807, 2.05) is 18.2 Å². The Hall–Kier alpha value is -4.04. The largest absolute Gasteiger partial charge is 0.456 e. The molecule has 0 aliphatic carbocycles. The summed E-state index contributed by atoms with van der Waals surface area (Å²) >= 11 is 0. The van der Waals surface area contributed by atoms with E-state index >= 15 is 0 Å². The first-order valence-electron chi connectivity index (χ1n) is 10.1. The second-order valence-corrected chi connectivity index (χ2v) is 7.54. The van der Waals surface area contributed by atoms with Gasteiger partial charge in [0.05, 0.1) is 0 Å². The van der Waals surface area contributed by atoms with E-state index in [9.17, 15) is 0 Å². The average molecular weight is 385 g/mol. The van der Waals surface area contributed by atoms with E-state index in [1.165, 1.54) is 21.9 Å². The molecule has 6 aromatic rings. The molecule has 0 spiro atoms. The fourth-order valence-electron chi connectivity index (χ4n) is 4.18. The number of hydrogen-bond donors (Lipinski definition) is 1. The number of furan rings is 1. The van der Waals surface area contributed by atoms with Crippen molar-refractivity contribution in [3.63, 3.8) is 0 Å². The Balaban J connectivity index is 1.32. The highest BCUT2D eigenvalue weighted by molar-refractivity contribution is 6.05. The molecule has 0 atom stereocenters. The Morgan fingerprint density at radius 1 is 0.500 bits per heavy atom. The molecule has 2 nitrogen and oxygen atoms in total. The molecule has 6 rings (SSSR count). The molecule has 2 heteroatoms. The van der Waals surface area contributed by atoms with Crippen LogP contribution in [0.5, 0.6) is 0 Å². The molecule has 0 saturated carbocycles. The Kier molecular flexibility index (Phi) is 3.82. The van der Waals surface area contributed by atoms with Gasteiger partial charge in [0, 0.05) is 28.2 Å². The van der Waals surface area contributed by atoms with E-state index in [4.69, 9.17) is 4.42 Å². The number of fused-ring (bicyclic) bond motifs is 4. The second-order valence-electron chi connectivity index (χ2n) is 7.54. The monoisotopic (exact) mass is 385 g/mol. The number of hydrogen-bond acceptors (Lipinski definition) is 2. The summed E-state index contributed by atoms with van der Waals surface area (Å²) in [6.07, 6.45) is 0. The lowest BCUT2D eigenvalue weighted by Gasteiger charge is -2.10. The van der Waals surface area contributed by atoms with Crippen LogP contribution in [0.3, 0.4) is 0 Å². The zero-order valence-corrected chi connectivity index (χ0v) is 16.3. The van der Waals surface area contributed by atoms with Crippen molar-refractivity contribution in [1.82, 2.24) is 0 Å². The van der Waals surface area contributed by atoms with E-state index in [2.05, 4.69) is 96.3 Å². The first-order chi connectivity index (χ1) is 14.8. The first-order valence-corrected chi connectivity index (χ1v) is 10.1. The highest BCUT2D eigenvalue weighted by Crippen LogP contribution is 2.32. The Morgan fingerprint density at radius 3 is 2.10 bits per heavy atom. The molecule has 0 radical (unpaired) electrons. The van der Waals surface area contributed by atoms with Crippen LogP contribution in [0, 0.1) is 0 Å². The van der Waals surface area contributed by atoms with Crippen LogP contribution in [0.2, 0.25) is 0 Å². The molecule has 142 valence electrons. The fourth-order valence-corrected chi connectivity index (χ4v) is 4.18. The molecular formula is C28H19NO. The quantitative estimate of drug-likeness (QED) is 0.332. The minimum Gasteiger partial charge on any atom is -0.456 e. The SMILES string of the molecule is c1ccc2c(-c3ccc(Nc4ccc5c(c4)oc4ccccc45)cc3)cccc2c1. The van der Waals surface area contributed by atoms with Gasteiger partial charge in [-0.3, -0.25) is 0 Å². The molecule has 0 saturated heterocycles. The molecule has 5 aromatic carbocycles. The maximum atomic E-state index is 6.01. The van der Waals surface area contributed by atoms with Gasteiger partial charge in [-0.05, 0) is 52.2 Å². The molecule has 0 amide bonds. The van der Waals surface area contributed by atoms with Crippen LogP contribution in [0.25, 0.3) is 43.8 Å². The highest BCUT2D eigenvalue weighted by atomic mass is 16.3. The van der Waals surface area contributed by atoms with Gasteiger partial charge in [-0.15, -0.1) is 0 Å². The smallest absolute Gasteiger partial charge is 0.137 e. The van der Waals surface area contributed by atoms with Gasteiger partial charge in [-0.2, -0.15) is 0 Å². The van der Waals surface area contributed by atoms with Crippen LogP contribution < -0.4 is 5.32 Å². The highest BCUT2D eigenvalue weighted by Gasteiger charge is 2.07. The molecular weight excluding hydrogens is 366 g/mol. The number of nitrogens with one attached hydrogen (secondary N) is 1. The van der Waals surface area contributed by atoms with Crippen molar-refractivity contribution in [2.75, 3.05) is 5.32 Å². The molecule has 0 aliphatic heterocycles. The maximum Gasteiger partial charge on any atom is 0.137 e. The molecule has 0 unspecified atom stereocenters. The van der Waals surface area contributed by atoms with E-state index < -0.39 is 0 Å². The summed E-state index contributed by atoms with van der Waals surface area (Å²) in [5, 5.41) is 8.32. The third-order valence-electron chi connectivity index (χ3n) is 5.65. The summed E-state index contributed by atoms with van der Waals surface area (Å²) in [7, 11) is 0. The summed E-state index contributed by atoms with van der Waals surface area (Å²) in [6, 6.07) is 38.0. The van der Waals surface area contributed by atoms with Crippen molar-refractivity contribution in [2.45, 2.75) is 0 Å². The number of anilines is 2. The van der Waals surface area contributed by atoms with E-state index in [-0.39, 0.29) is 0 Å². The maximum absolute atomic E-state index is 6.01. The topological polar surface area (TPSA) is 25.2 Å². The lowest BCUT2D eigenvalue weighted by molar-refractivity contribution is 0.669. The fraction of sp³-hybridized carbons (Fsp3) is 0. The summed E-state index contributed by atoms with van der Waals surface area (Å²) in [5.74, 6) is 0. The van der Waals surface area contributed by atoms with Gasteiger partial charge in [0.2, 0.25) is 0 Å². The van der Waals surface area contributed by atoms with Gasteiger partial charge >= 0.3 is 0 Å². The van der Waals surface area contributed by atoms with Gasteiger partial charge in [-0.25, -0.2) is 0 Å². The van der Waals surface area contributed by atoms with Crippen LogP contribution in [0.4, 0.5) is 11.4 Å². The number of rotatable bonds is 3. The van der Waals surface area contributed by atoms with Crippen molar-refractivity contribution < 1.29 is 4.42 Å². The molecule has 1 N–H and O–H groups in total. The molecule has 0 bridgehead atoms. The van der Waals surface area contributed by atoms with Crippen molar-refractivity contribution in [2.24, 2.45) is 0 Å². The first kappa shape index (κ1) is 16.9. The van der Waals surface area contributed by atoms with Crippen molar-refractivity contribution >= 4 is 44.1 Å². The van der Waals surface area contributed by atoms with Crippen LogP contribution >= 0.6 is 0 Å². The van der Waals surface area contributed by atoms with E-state index in [0.29, 0.717) is 0 Å². The second kappa shape index (κ2) is 6.78. The zero-order chi connectivity index (χ0) is 19.9. The van der Waals surface area contributed by atoms with Crippen LogP contribution in [-0.2, 0) is 0 Å². The predicted molar refractivity (Wildman–Crippen MR) is 126 cm³/mol. The molecule has 0 aliphatic rings. The Labute approximate surface area is 174 Å². The molecule has 1 aromatic heterocycles. The molecule has 0 fully saturated rings. The average Bonchev–Trinajstić information content (AvgIpc) is 3.17. The third kappa shape index (κ3) is 2.82. The number of para-hydroxylation sites is 1. The van der Waals surface area contributed by atoms with Crippen LogP contribution in [0.15, 0.2) is 114 Å². The van der Waals surface area contributed by atoms with Crippen LogP contribution in [0.1, 0.15) is 0 Å². The predicted octanol–water partition coefficient (Wildman–Crippen LogP) is 8.15. The zero-order valence-electron chi connectivity index (χ0n) is 16.3. The molecule has 1 heterocycles. The minimum atomic E-state index is 0.897. The van der Waals surface area contributed by atoms with E-state index in [0.717, 1.165) is 33.3 Å². The summed E-state index contributed by atoms with van der Waals surface area (Å²) in [6.45, 7) is 0. The summed E-state index contributed by atoms with van der Waals surface area (Å²) in [4.78, 5) is 0. The van der Waals surface area contributed by atoms with Gasteiger partial charge in [-0.1, -0.05) is 72.8 Å². The normalized spacial score (nSPS) is 11.3. The van der Waals surface area contributed by atoms with Crippen molar-refractivity contribution in [1.29, 1.82) is 0 Å². The van der Waals surface area contributed by atoms with Crippen molar-refractivity contribution in [3.05, 3.63) is 109 Å². The third-order valence-corrected chi connectivity index (χ3v) is 5.65. The summed E-state index contributed by atoms with van der Waals surface area (Å²) in [5.41, 5.74) is 6.35. The molecule has 30 heavy (non-hydrogen) atoms. The lowest BCUT2D eigenvalue weighted by Crippen LogP contribution is -1.90. The van der Waals surface area contributed by atoms with E-state index in [1.54, 1.807) is 0 Å². The number of benzene rings is 5.